The van der Waals surface area contributed by atoms with Gasteiger partial charge in [0.25, 0.3) is 5.56 Å². The maximum Gasteiger partial charge on any atom is 0.266 e. The molecular formula is C53H39N3O. The summed E-state index contributed by atoms with van der Waals surface area (Å²) >= 11 is 0. The molecule has 8 aromatic carbocycles. The molecule has 0 radical (unpaired) electrons. The normalized spacial score (nSPS) is 12.6. The Bertz CT molecular complexity index is 2890. The summed E-state index contributed by atoms with van der Waals surface area (Å²) in [5, 5.41) is 0.598. The fourth-order valence-corrected chi connectivity index (χ4v) is 8.46. The van der Waals surface area contributed by atoms with Crippen molar-refractivity contribution in [1.82, 2.24) is 9.55 Å². The van der Waals surface area contributed by atoms with Crippen LogP contribution in [-0.4, -0.2) is 9.55 Å². The number of benzene rings is 8. The van der Waals surface area contributed by atoms with Crippen molar-refractivity contribution in [2.24, 2.45) is 0 Å². The maximum atomic E-state index is 14.1. The van der Waals surface area contributed by atoms with E-state index in [0.717, 1.165) is 28.3 Å². The molecule has 0 saturated heterocycles. The van der Waals surface area contributed by atoms with E-state index in [0.29, 0.717) is 16.7 Å². The van der Waals surface area contributed by atoms with E-state index in [1.807, 2.05) is 54.6 Å². The lowest BCUT2D eigenvalue weighted by molar-refractivity contribution is 0.660. The summed E-state index contributed by atoms with van der Waals surface area (Å²) in [6.07, 6.45) is 0. The molecule has 4 heteroatoms. The third kappa shape index (κ3) is 5.94. The van der Waals surface area contributed by atoms with Crippen molar-refractivity contribution >= 4 is 28.0 Å². The molecule has 57 heavy (non-hydrogen) atoms. The molecule has 1 aromatic heterocycles. The Morgan fingerprint density at radius 1 is 0.456 bits per heavy atom. The number of aromatic nitrogens is 2. The molecule has 0 unspecified atom stereocenters. The third-order valence-corrected chi connectivity index (χ3v) is 11.4. The minimum atomic E-state index is -0.328. The van der Waals surface area contributed by atoms with Gasteiger partial charge in [-0.15, -0.1) is 0 Å². The first-order valence-electron chi connectivity index (χ1n) is 19.4. The fourth-order valence-electron chi connectivity index (χ4n) is 8.46. The number of hydrogen-bond donors (Lipinski definition) is 0. The van der Waals surface area contributed by atoms with Gasteiger partial charge in [0, 0.05) is 28.0 Å². The molecule has 0 N–H and O–H groups in total. The summed E-state index contributed by atoms with van der Waals surface area (Å²) in [5.74, 6) is 0.629. The van der Waals surface area contributed by atoms with Gasteiger partial charge < -0.3 is 4.90 Å². The summed E-state index contributed by atoms with van der Waals surface area (Å²) in [5.41, 5.74) is 14.8. The molecule has 1 aliphatic carbocycles. The molecule has 1 aliphatic rings. The van der Waals surface area contributed by atoms with Crippen LogP contribution in [0.25, 0.3) is 61.4 Å². The molecule has 0 bridgehead atoms. The highest BCUT2D eigenvalue weighted by Crippen LogP contribution is 2.51. The molecule has 0 aliphatic heterocycles. The average Bonchev–Trinajstić information content (AvgIpc) is 3.49. The van der Waals surface area contributed by atoms with E-state index in [2.05, 4.69) is 164 Å². The molecule has 1 heterocycles. The average molecular weight is 734 g/mol. The third-order valence-electron chi connectivity index (χ3n) is 11.4. The Hall–Kier alpha value is -7.30. The van der Waals surface area contributed by atoms with Gasteiger partial charge in [0.15, 0.2) is 0 Å². The van der Waals surface area contributed by atoms with Gasteiger partial charge in [0.05, 0.1) is 16.6 Å². The van der Waals surface area contributed by atoms with Crippen LogP contribution in [0.3, 0.4) is 0 Å². The molecule has 0 fully saturated rings. The molecule has 0 spiro atoms. The number of fused-ring (bicyclic) bond motifs is 4. The molecule has 9 aromatic rings. The van der Waals surface area contributed by atoms with Crippen LogP contribution in [0.5, 0.6) is 0 Å². The molecule has 0 amide bonds. The van der Waals surface area contributed by atoms with E-state index in [-0.39, 0.29) is 11.0 Å². The topological polar surface area (TPSA) is 38.1 Å². The molecule has 272 valence electrons. The van der Waals surface area contributed by atoms with Crippen LogP contribution in [-0.2, 0) is 5.41 Å². The van der Waals surface area contributed by atoms with Gasteiger partial charge in [-0.1, -0.05) is 147 Å². The van der Waals surface area contributed by atoms with Gasteiger partial charge >= 0.3 is 0 Å². The Labute approximate surface area is 332 Å². The number of anilines is 3. The molecule has 4 nitrogen and oxygen atoms in total. The monoisotopic (exact) mass is 733 g/mol. The Morgan fingerprint density at radius 2 is 0.912 bits per heavy atom. The van der Waals surface area contributed by atoms with Crippen molar-refractivity contribution in [3.05, 3.63) is 222 Å². The Balaban J connectivity index is 1.08. The lowest BCUT2D eigenvalue weighted by Crippen LogP contribution is -2.22. The fraction of sp³-hybridized carbons (Fsp3) is 0.0566. The summed E-state index contributed by atoms with van der Waals surface area (Å²) in [7, 11) is 0. The predicted octanol–water partition coefficient (Wildman–Crippen LogP) is 13.2. The highest BCUT2D eigenvalue weighted by molar-refractivity contribution is 5.88. The van der Waals surface area contributed by atoms with E-state index in [1.54, 1.807) is 4.57 Å². The zero-order chi connectivity index (χ0) is 38.5. The first-order valence-corrected chi connectivity index (χ1v) is 19.4. The van der Waals surface area contributed by atoms with E-state index < -0.39 is 0 Å². The summed E-state index contributed by atoms with van der Waals surface area (Å²) in [4.78, 5) is 21.6. The van der Waals surface area contributed by atoms with E-state index in [9.17, 15) is 4.79 Å². The van der Waals surface area contributed by atoms with E-state index in [1.165, 1.54) is 44.5 Å². The first kappa shape index (κ1) is 34.2. The van der Waals surface area contributed by atoms with Gasteiger partial charge in [-0.25, -0.2) is 4.98 Å². The number of hydrogen-bond acceptors (Lipinski definition) is 3. The van der Waals surface area contributed by atoms with Crippen LogP contribution < -0.4 is 10.5 Å². The number of nitrogens with zero attached hydrogens (tertiary/aromatic N) is 3. The second kappa shape index (κ2) is 13.8. The van der Waals surface area contributed by atoms with Gasteiger partial charge in [-0.05, 0) is 111 Å². The van der Waals surface area contributed by atoms with Crippen molar-refractivity contribution < 1.29 is 0 Å². The predicted molar refractivity (Wildman–Crippen MR) is 236 cm³/mol. The quantitative estimate of drug-likeness (QED) is 0.164. The number of rotatable bonds is 7. The molecule has 10 rings (SSSR count). The smallest absolute Gasteiger partial charge is 0.266 e. The van der Waals surface area contributed by atoms with Crippen LogP contribution in [0, 0.1) is 0 Å². The van der Waals surface area contributed by atoms with Crippen LogP contribution in [0.15, 0.2) is 205 Å². The molecular weight excluding hydrogens is 695 g/mol. The van der Waals surface area contributed by atoms with Crippen LogP contribution >= 0.6 is 0 Å². The van der Waals surface area contributed by atoms with Gasteiger partial charge in [0.2, 0.25) is 0 Å². The molecule has 0 atom stereocenters. The van der Waals surface area contributed by atoms with E-state index >= 15 is 0 Å². The zero-order valence-electron chi connectivity index (χ0n) is 31.8. The van der Waals surface area contributed by atoms with Crippen LogP contribution in [0.2, 0.25) is 0 Å². The summed E-state index contributed by atoms with van der Waals surface area (Å²) in [6.45, 7) is 4.61. The van der Waals surface area contributed by atoms with Crippen molar-refractivity contribution in [1.29, 1.82) is 0 Å². The second-order valence-electron chi connectivity index (χ2n) is 15.2. The summed E-state index contributed by atoms with van der Waals surface area (Å²) in [6, 6.07) is 69.6. The van der Waals surface area contributed by atoms with E-state index in [4.69, 9.17) is 4.98 Å². The lowest BCUT2D eigenvalue weighted by Gasteiger charge is -2.28. The Kier molecular flexibility index (Phi) is 8.27. The Morgan fingerprint density at radius 3 is 1.51 bits per heavy atom. The minimum Gasteiger partial charge on any atom is -0.310 e. The number of para-hydroxylation sites is 2. The van der Waals surface area contributed by atoms with Gasteiger partial charge in [0.1, 0.15) is 5.82 Å². The van der Waals surface area contributed by atoms with Crippen LogP contribution in [0.4, 0.5) is 17.1 Å². The highest BCUT2D eigenvalue weighted by Gasteiger charge is 2.36. The lowest BCUT2D eigenvalue weighted by atomic mass is 9.81. The molecule has 0 saturated carbocycles. The van der Waals surface area contributed by atoms with Crippen molar-refractivity contribution in [2.75, 3.05) is 4.90 Å². The minimum absolute atomic E-state index is 0.0804. The largest absolute Gasteiger partial charge is 0.310 e. The SMILES string of the molecule is CC1(C)c2cc(-c3nc4ccccc4c(=O)n3-c3ccccc3)ccc2-c2ccc(N(c3ccc(-c4ccccc4)cc3)c3ccc(-c4ccccc4)cc3)cc21. The van der Waals surface area contributed by atoms with Crippen LogP contribution in [0.1, 0.15) is 25.0 Å². The second-order valence-corrected chi connectivity index (χ2v) is 15.2. The van der Waals surface area contributed by atoms with Crippen molar-refractivity contribution in [2.45, 2.75) is 19.3 Å². The maximum absolute atomic E-state index is 14.1. The summed E-state index contributed by atoms with van der Waals surface area (Å²) < 4.78 is 1.75. The van der Waals surface area contributed by atoms with Crippen molar-refractivity contribution in [3.8, 4) is 50.5 Å². The van der Waals surface area contributed by atoms with Crippen molar-refractivity contribution in [3.63, 3.8) is 0 Å². The van der Waals surface area contributed by atoms with Gasteiger partial charge in [-0.2, -0.15) is 0 Å². The van der Waals surface area contributed by atoms with Gasteiger partial charge in [-0.3, -0.25) is 9.36 Å². The standard InChI is InChI=1S/C53H39N3O/c1-53(2)48-34-40(51-54-50-21-13-12-20-47(50)52(57)56(51)41-18-10-5-11-19-41)26-32-45(48)46-33-31-44(35-49(46)53)55(42-27-22-38(23-28-42)36-14-6-3-7-15-36)43-29-24-39(25-30-43)37-16-8-4-9-17-37/h3-35H,1-2H3. The first-order chi connectivity index (χ1) is 27.9. The zero-order valence-corrected chi connectivity index (χ0v) is 31.8. The highest BCUT2D eigenvalue weighted by atomic mass is 16.1.